The second-order valence-corrected chi connectivity index (χ2v) is 4.79. The maximum Gasteiger partial charge on any atom is 0.407 e. The van der Waals surface area contributed by atoms with Gasteiger partial charge in [-0.1, -0.05) is 30.3 Å². The minimum absolute atomic E-state index is 0.0236. The number of hydrogen-bond donors (Lipinski definition) is 2. The largest absolute Gasteiger partial charge is 0.446 e. The van der Waals surface area contributed by atoms with Gasteiger partial charge in [-0.15, -0.1) is 0 Å². The number of carbonyl (C=O) groups excluding carboxylic acids is 1. The molecule has 0 spiro atoms. The second kappa shape index (κ2) is 6.40. The Labute approximate surface area is 108 Å². The van der Waals surface area contributed by atoms with Crippen molar-refractivity contribution < 1.29 is 9.53 Å². The highest BCUT2D eigenvalue weighted by atomic mass is 16.6. The van der Waals surface area contributed by atoms with Crippen LogP contribution in [0.15, 0.2) is 30.3 Å². The molecule has 1 aliphatic carbocycles. The van der Waals surface area contributed by atoms with Gasteiger partial charge >= 0.3 is 6.09 Å². The fourth-order valence-electron chi connectivity index (χ4n) is 2.25. The number of benzene rings is 1. The quantitative estimate of drug-likeness (QED) is 0.861. The van der Waals surface area contributed by atoms with Crippen LogP contribution in [0.1, 0.15) is 31.2 Å². The molecule has 0 radical (unpaired) electrons. The standard InChI is InChI=1S/C14H20N2O2/c15-12-7-4-8-13(9-12)18-14(17)16-10-11-5-2-1-3-6-11/h1-3,5-6,12-13H,4,7-10,15H2,(H,16,17)/t12-,13+/m1/s1. The minimum atomic E-state index is -0.349. The van der Waals surface area contributed by atoms with Crippen LogP contribution in [0.4, 0.5) is 4.79 Å². The molecule has 1 aromatic carbocycles. The summed E-state index contributed by atoms with van der Waals surface area (Å²) >= 11 is 0. The number of alkyl carbamates (subject to hydrolysis) is 1. The van der Waals surface area contributed by atoms with Gasteiger partial charge in [0.1, 0.15) is 6.10 Å². The van der Waals surface area contributed by atoms with Gasteiger partial charge in [0, 0.05) is 12.6 Å². The number of amides is 1. The summed E-state index contributed by atoms with van der Waals surface area (Å²) in [6.07, 6.45) is 3.40. The van der Waals surface area contributed by atoms with E-state index >= 15 is 0 Å². The van der Waals surface area contributed by atoms with Crippen molar-refractivity contribution in [2.75, 3.05) is 0 Å². The van der Waals surface area contributed by atoms with E-state index in [4.69, 9.17) is 10.5 Å². The van der Waals surface area contributed by atoms with E-state index in [9.17, 15) is 4.79 Å². The number of ether oxygens (including phenoxy) is 1. The molecule has 1 fully saturated rings. The fraction of sp³-hybridized carbons (Fsp3) is 0.500. The lowest BCUT2D eigenvalue weighted by atomic mass is 9.94. The SMILES string of the molecule is N[C@@H]1CCC[C@H](OC(=O)NCc2ccccc2)C1. The molecule has 3 N–H and O–H groups in total. The molecule has 0 unspecified atom stereocenters. The number of rotatable bonds is 3. The Bertz CT molecular complexity index is 381. The van der Waals surface area contributed by atoms with Crippen molar-refractivity contribution in [1.29, 1.82) is 0 Å². The van der Waals surface area contributed by atoms with Gasteiger partial charge in [-0.2, -0.15) is 0 Å². The zero-order valence-corrected chi connectivity index (χ0v) is 10.5. The first kappa shape index (κ1) is 12.9. The molecule has 1 aromatic rings. The Morgan fingerprint density at radius 3 is 2.83 bits per heavy atom. The summed E-state index contributed by atoms with van der Waals surface area (Å²) in [5.74, 6) is 0. The van der Waals surface area contributed by atoms with Gasteiger partial charge in [-0.25, -0.2) is 4.79 Å². The normalized spacial score (nSPS) is 23.4. The Balaban J connectivity index is 1.72. The first-order valence-corrected chi connectivity index (χ1v) is 6.48. The van der Waals surface area contributed by atoms with E-state index in [0.29, 0.717) is 6.54 Å². The highest BCUT2D eigenvalue weighted by Gasteiger charge is 2.22. The van der Waals surface area contributed by atoms with E-state index in [2.05, 4.69) is 5.32 Å². The highest BCUT2D eigenvalue weighted by molar-refractivity contribution is 5.67. The van der Waals surface area contributed by atoms with Crippen molar-refractivity contribution in [3.05, 3.63) is 35.9 Å². The van der Waals surface area contributed by atoms with Gasteiger partial charge in [0.15, 0.2) is 0 Å². The smallest absolute Gasteiger partial charge is 0.407 e. The van der Waals surface area contributed by atoms with Crippen LogP contribution in [0.2, 0.25) is 0 Å². The van der Waals surface area contributed by atoms with Crippen molar-refractivity contribution in [3.63, 3.8) is 0 Å². The van der Waals surface area contributed by atoms with E-state index in [1.165, 1.54) is 0 Å². The van der Waals surface area contributed by atoms with Gasteiger partial charge in [-0.05, 0) is 31.2 Å². The lowest BCUT2D eigenvalue weighted by Crippen LogP contribution is -2.36. The predicted octanol–water partition coefficient (Wildman–Crippen LogP) is 2.18. The van der Waals surface area contributed by atoms with Crippen molar-refractivity contribution in [2.24, 2.45) is 5.73 Å². The van der Waals surface area contributed by atoms with Gasteiger partial charge in [0.2, 0.25) is 0 Å². The molecule has 0 aliphatic heterocycles. The molecule has 0 aromatic heterocycles. The predicted molar refractivity (Wildman–Crippen MR) is 70.0 cm³/mol. The molecule has 98 valence electrons. The average molecular weight is 248 g/mol. The molecule has 1 amide bonds. The first-order chi connectivity index (χ1) is 8.74. The van der Waals surface area contributed by atoms with E-state index in [0.717, 1.165) is 31.2 Å². The number of nitrogens with one attached hydrogen (secondary N) is 1. The van der Waals surface area contributed by atoms with Crippen LogP contribution in [-0.2, 0) is 11.3 Å². The minimum Gasteiger partial charge on any atom is -0.446 e. The lowest BCUT2D eigenvalue weighted by Gasteiger charge is -2.26. The number of nitrogens with two attached hydrogens (primary N) is 1. The third-order valence-corrected chi connectivity index (χ3v) is 3.22. The third kappa shape index (κ3) is 4.04. The molecular weight excluding hydrogens is 228 g/mol. The topological polar surface area (TPSA) is 64.3 Å². The maximum atomic E-state index is 11.6. The van der Waals surface area contributed by atoms with E-state index in [1.54, 1.807) is 0 Å². The fourth-order valence-corrected chi connectivity index (χ4v) is 2.25. The summed E-state index contributed by atoms with van der Waals surface area (Å²) in [6, 6.07) is 9.95. The summed E-state index contributed by atoms with van der Waals surface area (Å²) in [5.41, 5.74) is 6.92. The number of carbonyl (C=O) groups is 1. The monoisotopic (exact) mass is 248 g/mol. The molecule has 18 heavy (non-hydrogen) atoms. The van der Waals surface area contributed by atoms with Crippen molar-refractivity contribution in [2.45, 2.75) is 44.4 Å². The van der Waals surface area contributed by atoms with Crippen molar-refractivity contribution in [1.82, 2.24) is 5.32 Å². The van der Waals surface area contributed by atoms with Crippen LogP contribution < -0.4 is 11.1 Å². The van der Waals surface area contributed by atoms with Crippen LogP contribution >= 0.6 is 0 Å². The van der Waals surface area contributed by atoms with Crippen LogP contribution in [0.3, 0.4) is 0 Å². The molecule has 2 rings (SSSR count). The molecule has 1 aliphatic rings. The van der Waals surface area contributed by atoms with Gasteiger partial charge < -0.3 is 15.8 Å². The van der Waals surface area contributed by atoms with Crippen molar-refractivity contribution >= 4 is 6.09 Å². The summed E-state index contributed by atoms with van der Waals surface area (Å²) in [4.78, 5) is 11.6. The Kier molecular flexibility index (Phi) is 4.59. The Hall–Kier alpha value is -1.55. The highest BCUT2D eigenvalue weighted by Crippen LogP contribution is 2.19. The summed E-state index contributed by atoms with van der Waals surface area (Å²) < 4.78 is 5.35. The average Bonchev–Trinajstić information content (AvgIpc) is 2.38. The molecular formula is C14H20N2O2. The summed E-state index contributed by atoms with van der Waals surface area (Å²) in [6.45, 7) is 0.498. The van der Waals surface area contributed by atoms with Crippen LogP contribution in [0.25, 0.3) is 0 Å². The van der Waals surface area contributed by atoms with Gasteiger partial charge in [0.25, 0.3) is 0 Å². The number of hydrogen-bond acceptors (Lipinski definition) is 3. The molecule has 4 nitrogen and oxygen atoms in total. The van der Waals surface area contributed by atoms with E-state index in [1.807, 2.05) is 30.3 Å². The van der Waals surface area contributed by atoms with Gasteiger partial charge in [0.05, 0.1) is 0 Å². The summed E-state index contributed by atoms with van der Waals surface area (Å²) in [7, 11) is 0. The molecule has 2 atom stereocenters. The molecule has 0 saturated heterocycles. The maximum absolute atomic E-state index is 11.6. The molecule has 1 saturated carbocycles. The third-order valence-electron chi connectivity index (χ3n) is 3.22. The molecule has 4 heteroatoms. The molecule has 0 heterocycles. The van der Waals surface area contributed by atoms with Crippen LogP contribution in [0.5, 0.6) is 0 Å². The van der Waals surface area contributed by atoms with Gasteiger partial charge in [-0.3, -0.25) is 0 Å². The molecule has 0 bridgehead atoms. The second-order valence-electron chi connectivity index (χ2n) is 4.79. The zero-order chi connectivity index (χ0) is 12.8. The Morgan fingerprint density at radius 2 is 2.11 bits per heavy atom. The Morgan fingerprint density at radius 1 is 1.33 bits per heavy atom. The zero-order valence-electron chi connectivity index (χ0n) is 10.5. The van der Waals surface area contributed by atoms with Crippen molar-refractivity contribution in [3.8, 4) is 0 Å². The van der Waals surface area contributed by atoms with Crippen LogP contribution in [-0.4, -0.2) is 18.2 Å². The van der Waals surface area contributed by atoms with E-state index in [-0.39, 0.29) is 18.2 Å². The lowest BCUT2D eigenvalue weighted by molar-refractivity contribution is 0.0701. The van der Waals surface area contributed by atoms with Crippen LogP contribution in [0, 0.1) is 0 Å². The van der Waals surface area contributed by atoms with E-state index < -0.39 is 0 Å². The summed E-state index contributed by atoms with van der Waals surface area (Å²) in [5, 5.41) is 2.76. The first-order valence-electron chi connectivity index (χ1n) is 6.48.